The lowest BCUT2D eigenvalue weighted by Gasteiger charge is -2.33. The highest BCUT2D eigenvalue weighted by Gasteiger charge is 2.34. The fraction of sp³-hybridized carbons (Fsp3) is 0.273. The molecule has 3 amide bonds. The fourth-order valence-corrected chi connectivity index (χ4v) is 3.20. The number of hydrogen-bond acceptors (Lipinski definition) is 8. The zero-order valence-electron chi connectivity index (χ0n) is 18.3. The van der Waals surface area contributed by atoms with Gasteiger partial charge in [-0.3, -0.25) is 24.5 Å². The van der Waals surface area contributed by atoms with Gasteiger partial charge in [-0.15, -0.1) is 0 Å². The van der Waals surface area contributed by atoms with Gasteiger partial charge in [0.1, 0.15) is 11.8 Å². The van der Waals surface area contributed by atoms with E-state index < -0.39 is 47.4 Å². The van der Waals surface area contributed by atoms with E-state index >= 15 is 0 Å². The summed E-state index contributed by atoms with van der Waals surface area (Å²) in [4.78, 5) is 61.0. The van der Waals surface area contributed by atoms with Crippen LogP contribution in [0.5, 0.6) is 5.75 Å². The van der Waals surface area contributed by atoms with Crippen molar-refractivity contribution < 1.29 is 33.6 Å². The normalized spacial score (nSPS) is 15.2. The fourth-order valence-electron chi connectivity index (χ4n) is 3.20. The van der Waals surface area contributed by atoms with E-state index in [0.29, 0.717) is 11.4 Å². The third kappa shape index (κ3) is 5.46. The second-order valence-corrected chi connectivity index (χ2v) is 7.30. The molecule has 12 nitrogen and oxygen atoms in total. The first-order valence-corrected chi connectivity index (χ1v) is 10.2. The first kappa shape index (κ1) is 24.2. The molecule has 0 bridgehead atoms. The maximum Gasteiger partial charge on any atom is 0.328 e. The van der Waals surface area contributed by atoms with Gasteiger partial charge in [0.15, 0.2) is 12.7 Å². The van der Waals surface area contributed by atoms with Crippen LogP contribution in [0, 0.1) is 10.1 Å². The minimum Gasteiger partial charge on any atom is -0.477 e. The van der Waals surface area contributed by atoms with E-state index in [2.05, 4.69) is 10.6 Å². The first-order valence-electron chi connectivity index (χ1n) is 10.2. The Bertz CT molecular complexity index is 1140. The Labute approximate surface area is 194 Å². The minimum atomic E-state index is -1.13. The van der Waals surface area contributed by atoms with E-state index in [9.17, 15) is 29.3 Å². The van der Waals surface area contributed by atoms with Crippen molar-refractivity contribution in [3.05, 3.63) is 64.2 Å². The zero-order valence-corrected chi connectivity index (χ0v) is 18.3. The number of nitro benzene ring substituents is 1. The van der Waals surface area contributed by atoms with Crippen LogP contribution in [0.4, 0.5) is 11.4 Å². The van der Waals surface area contributed by atoms with E-state index in [1.807, 2.05) is 0 Å². The van der Waals surface area contributed by atoms with Gasteiger partial charge < -0.3 is 25.0 Å². The van der Waals surface area contributed by atoms with E-state index in [0.717, 1.165) is 6.07 Å². The number of fused-ring (bicyclic) bond motifs is 1. The molecule has 2 atom stereocenters. The molecule has 3 rings (SSSR count). The monoisotopic (exact) mass is 470 g/mol. The third-order valence-electron chi connectivity index (χ3n) is 4.97. The Balaban J connectivity index is 1.61. The van der Waals surface area contributed by atoms with Gasteiger partial charge in [0.2, 0.25) is 0 Å². The molecular weight excluding hydrogens is 448 g/mol. The average Bonchev–Trinajstić information content (AvgIpc) is 2.85. The van der Waals surface area contributed by atoms with Crippen LogP contribution in [0.25, 0.3) is 0 Å². The van der Waals surface area contributed by atoms with Gasteiger partial charge in [-0.1, -0.05) is 18.2 Å². The number of nitro groups is 1. The number of likely N-dealkylation sites (N-methyl/N-ethyl adjacent to an activating group) is 1. The van der Waals surface area contributed by atoms with Crippen LogP contribution in [0.1, 0.15) is 17.3 Å². The maximum atomic E-state index is 12.8. The molecule has 0 saturated heterocycles. The number of nitrogens with zero attached hydrogens (tertiary/aromatic N) is 2. The van der Waals surface area contributed by atoms with Gasteiger partial charge >= 0.3 is 5.97 Å². The van der Waals surface area contributed by atoms with Crippen LogP contribution in [0.3, 0.4) is 0 Å². The van der Waals surface area contributed by atoms with Crippen LogP contribution in [-0.2, 0) is 19.1 Å². The lowest BCUT2D eigenvalue weighted by molar-refractivity contribution is -0.384. The summed E-state index contributed by atoms with van der Waals surface area (Å²) in [5.41, 5.74) is 0.153. The SMILES string of the molecule is CNC(=O)C1CN(C(=O)COC(=O)[C@H](C)NC(=O)c2cccc([N+](=O)[O-])c2)c2ccccc2O1. The minimum absolute atomic E-state index is 0.00454. The van der Waals surface area contributed by atoms with Crippen LogP contribution in [0.2, 0.25) is 0 Å². The number of rotatable bonds is 7. The molecule has 34 heavy (non-hydrogen) atoms. The molecule has 0 radical (unpaired) electrons. The number of nitrogens with one attached hydrogen (secondary N) is 2. The predicted molar refractivity (Wildman–Crippen MR) is 118 cm³/mol. The quantitative estimate of drug-likeness (QED) is 0.342. The lowest BCUT2D eigenvalue weighted by atomic mass is 10.1. The lowest BCUT2D eigenvalue weighted by Crippen LogP contribution is -2.51. The number of carbonyl (C=O) groups excluding carboxylic acids is 4. The van der Waals surface area contributed by atoms with Crippen molar-refractivity contribution in [1.82, 2.24) is 10.6 Å². The van der Waals surface area contributed by atoms with Crippen molar-refractivity contribution in [3.8, 4) is 5.75 Å². The number of carbonyl (C=O) groups is 4. The summed E-state index contributed by atoms with van der Waals surface area (Å²) < 4.78 is 10.7. The summed E-state index contributed by atoms with van der Waals surface area (Å²) in [5.74, 6) is -2.26. The topological polar surface area (TPSA) is 157 Å². The number of para-hydroxylation sites is 2. The number of hydrogen-bond donors (Lipinski definition) is 2. The van der Waals surface area contributed by atoms with E-state index in [4.69, 9.17) is 9.47 Å². The third-order valence-corrected chi connectivity index (χ3v) is 4.97. The molecule has 0 fully saturated rings. The van der Waals surface area contributed by atoms with Gasteiger partial charge in [0, 0.05) is 24.7 Å². The molecule has 178 valence electrons. The molecule has 2 N–H and O–H groups in total. The summed E-state index contributed by atoms with van der Waals surface area (Å²) in [6.45, 7) is 0.643. The Kier molecular flexibility index (Phi) is 7.41. The molecule has 1 aliphatic heterocycles. The number of non-ortho nitro benzene ring substituents is 1. The van der Waals surface area contributed by atoms with E-state index in [1.165, 1.54) is 37.1 Å². The van der Waals surface area contributed by atoms with Crippen LogP contribution >= 0.6 is 0 Å². The summed E-state index contributed by atoms with van der Waals surface area (Å²) in [6, 6.07) is 10.5. The van der Waals surface area contributed by atoms with Crippen LogP contribution in [-0.4, -0.2) is 61.0 Å². The van der Waals surface area contributed by atoms with Gasteiger partial charge in [-0.25, -0.2) is 4.79 Å². The Hall–Kier alpha value is -4.48. The zero-order chi connectivity index (χ0) is 24.8. The predicted octanol–water partition coefficient (Wildman–Crippen LogP) is 0.797. The highest BCUT2D eigenvalue weighted by atomic mass is 16.6. The van der Waals surface area contributed by atoms with Gasteiger partial charge in [0.25, 0.3) is 23.4 Å². The molecule has 0 aromatic heterocycles. The van der Waals surface area contributed by atoms with Crippen LogP contribution in [0.15, 0.2) is 48.5 Å². The number of esters is 1. The number of amides is 3. The Morgan fingerprint density at radius 1 is 1.21 bits per heavy atom. The van der Waals surface area contributed by atoms with Crippen molar-refractivity contribution in [2.24, 2.45) is 0 Å². The van der Waals surface area contributed by atoms with Gasteiger partial charge in [0.05, 0.1) is 17.2 Å². The molecule has 1 aliphatic rings. The maximum absolute atomic E-state index is 12.8. The number of anilines is 1. The van der Waals surface area contributed by atoms with Gasteiger partial charge in [-0.2, -0.15) is 0 Å². The molecule has 2 aromatic rings. The highest BCUT2D eigenvalue weighted by Crippen LogP contribution is 2.33. The Morgan fingerprint density at radius 3 is 2.65 bits per heavy atom. The molecule has 1 heterocycles. The van der Waals surface area contributed by atoms with Crippen molar-refractivity contribution in [2.75, 3.05) is 25.1 Å². The molecule has 12 heteroatoms. The molecular formula is C22H22N4O8. The van der Waals surface area contributed by atoms with Crippen LogP contribution < -0.4 is 20.3 Å². The summed E-state index contributed by atoms with van der Waals surface area (Å²) in [6.07, 6.45) is -0.937. The largest absolute Gasteiger partial charge is 0.477 e. The standard InChI is InChI=1S/C22H22N4O8/c1-13(24-20(28)14-6-5-7-15(10-14)26(31)32)22(30)33-12-19(27)25-11-18(21(29)23-2)34-17-9-4-3-8-16(17)25/h3-10,13,18H,11-12H2,1-2H3,(H,23,29)(H,24,28)/t13-,18?/m0/s1. The summed E-state index contributed by atoms with van der Waals surface area (Å²) in [5, 5.41) is 15.7. The second kappa shape index (κ2) is 10.4. The molecule has 0 aliphatic carbocycles. The molecule has 0 spiro atoms. The van der Waals surface area contributed by atoms with Crippen molar-refractivity contribution >= 4 is 35.1 Å². The molecule has 1 unspecified atom stereocenters. The van der Waals surface area contributed by atoms with E-state index in [1.54, 1.807) is 24.3 Å². The first-order chi connectivity index (χ1) is 16.2. The van der Waals surface area contributed by atoms with Crippen molar-refractivity contribution in [3.63, 3.8) is 0 Å². The molecule has 0 saturated carbocycles. The summed E-state index contributed by atoms with van der Waals surface area (Å²) >= 11 is 0. The summed E-state index contributed by atoms with van der Waals surface area (Å²) in [7, 11) is 1.45. The van der Waals surface area contributed by atoms with E-state index in [-0.39, 0.29) is 17.8 Å². The molecule has 2 aromatic carbocycles. The van der Waals surface area contributed by atoms with Crippen molar-refractivity contribution in [1.29, 1.82) is 0 Å². The second-order valence-electron chi connectivity index (χ2n) is 7.30. The average molecular weight is 470 g/mol. The number of benzene rings is 2. The number of ether oxygens (including phenoxy) is 2. The van der Waals surface area contributed by atoms with Crippen molar-refractivity contribution in [2.45, 2.75) is 19.1 Å². The van der Waals surface area contributed by atoms with Gasteiger partial charge in [-0.05, 0) is 25.1 Å². The smallest absolute Gasteiger partial charge is 0.328 e. The highest BCUT2D eigenvalue weighted by molar-refractivity contribution is 6.00. The Morgan fingerprint density at radius 2 is 1.94 bits per heavy atom.